The third kappa shape index (κ3) is 7.69. The van der Waals surface area contributed by atoms with Gasteiger partial charge in [-0.15, -0.1) is 0 Å². The Hall–Kier alpha value is -0.0825. The van der Waals surface area contributed by atoms with E-state index < -0.39 is 40.9 Å². The fourth-order valence-corrected chi connectivity index (χ4v) is 24.4. The summed E-state index contributed by atoms with van der Waals surface area (Å²) in [5.41, 5.74) is 1.35. The number of hydrogen-bond donors (Lipinski definition) is 1. The highest BCUT2D eigenvalue weighted by Gasteiger charge is 2.56. The molecule has 1 aliphatic rings. The van der Waals surface area contributed by atoms with Crippen molar-refractivity contribution in [3.8, 4) is 0 Å². The molecule has 10 heteroatoms. The Bertz CT molecular complexity index is 504. The number of aliphatic carboxylic acids is 1. The summed E-state index contributed by atoms with van der Waals surface area (Å²) in [6.45, 7) is 26.5. The number of hydrogen-bond acceptors (Lipinski definition) is 5. The van der Waals surface area contributed by atoms with E-state index in [0.717, 1.165) is 0 Å². The van der Waals surface area contributed by atoms with E-state index in [1.165, 1.54) is 6.92 Å². The van der Waals surface area contributed by atoms with Crippen LogP contribution >= 0.6 is 0 Å². The molecule has 6 nitrogen and oxygen atoms in total. The molecule has 0 spiro atoms. The third-order valence-electron chi connectivity index (χ3n) is 4.63. The fourth-order valence-electron chi connectivity index (χ4n) is 2.97. The van der Waals surface area contributed by atoms with E-state index in [1.54, 1.807) is 0 Å². The molecule has 1 N–H and O–H groups in total. The molecule has 0 bridgehead atoms. The molecular weight excluding hydrogens is 413 g/mol. The molecule has 2 atom stereocenters. The van der Waals surface area contributed by atoms with Crippen molar-refractivity contribution in [1.82, 2.24) is 0 Å². The fraction of sp³-hybridized carbons (Fsp3) is 0.824. The van der Waals surface area contributed by atoms with Crippen molar-refractivity contribution in [3.05, 3.63) is 12.2 Å². The van der Waals surface area contributed by atoms with Crippen LogP contribution in [0.1, 0.15) is 48.5 Å². The normalized spacial score (nSPS) is 27.6. The van der Waals surface area contributed by atoms with Crippen LogP contribution in [0.5, 0.6) is 0 Å². The average Bonchev–Trinajstić information content (AvgIpc) is 2.43. The van der Waals surface area contributed by atoms with Crippen molar-refractivity contribution in [3.63, 3.8) is 0 Å². The summed E-state index contributed by atoms with van der Waals surface area (Å²) in [6, 6.07) is 0. The van der Waals surface area contributed by atoms with Crippen molar-refractivity contribution in [2.24, 2.45) is 0 Å². The molecule has 1 rings (SSSR count). The minimum absolute atomic E-state index is 0.176. The van der Waals surface area contributed by atoms with Crippen LogP contribution in [0.4, 0.5) is 0 Å². The van der Waals surface area contributed by atoms with Crippen LogP contribution in [-0.2, 0) is 21.3 Å². The zero-order valence-corrected chi connectivity index (χ0v) is 23.2. The second kappa shape index (κ2) is 10.1. The zero-order chi connectivity index (χ0) is 21.8. The van der Waals surface area contributed by atoms with Crippen LogP contribution < -0.4 is 0 Å². The van der Waals surface area contributed by atoms with E-state index in [9.17, 15) is 4.79 Å². The number of rotatable bonds is 4. The smallest absolute Gasteiger partial charge is 0.330 e. The van der Waals surface area contributed by atoms with Gasteiger partial charge in [-0.25, -0.2) is 4.79 Å². The molecule has 1 saturated heterocycles. The summed E-state index contributed by atoms with van der Waals surface area (Å²) in [7, 11) is -8.57. The maximum Gasteiger partial charge on any atom is 0.330 e. The van der Waals surface area contributed by atoms with Crippen molar-refractivity contribution >= 4 is 40.9 Å². The number of carboxylic acids is 1. The maximum atomic E-state index is 9.60. The van der Waals surface area contributed by atoms with Crippen LogP contribution in [0.3, 0.4) is 0 Å². The largest absolute Gasteiger partial charge is 0.478 e. The molecule has 160 valence electrons. The van der Waals surface area contributed by atoms with E-state index >= 15 is 0 Å². The highest BCUT2D eigenvalue weighted by atomic mass is 28.5. The summed E-state index contributed by atoms with van der Waals surface area (Å²) >= 11 is 0. The van der Waals surface area contributed by atoms with Crippen LogP contribution in [0.25, 0.3) is 0 Å². The molecule has 1 fully saturated rings. The quantitative estimate of drug-likeness (QED) is 0.477. The van der Waals surface area contributed by atoms with Gasteiger partial charge in [0.25, 0.3) is 0 Å². The predicted molar refractivity (Wildman–Crippen MR) is 120 cm³/mol. The third-order valence-corrected chi connectivity index (χ3v) is 22.8. The molecular formula is C17H40O6Si4. The first kappa shape index (κ1) is 26.9. The van der Waals surface area contributed by atoms with Gasteiger partial charge in [0.05, 0.1) is 0 Å². The molecule has 1 aliphatic heterocycles. The summed E-state index contributed by atoms with van der Waals surface area (Å²) in [4.78, 5) is 9.60. The lowest BCUT2D eigenvalue weighted by Gasteiger charge is -2.51. The van der Waals surface area contributed by atoms with Crippen LogP contribution in [0.15, 0.2) is 12.2 Å². The standard InChI is InChI=1S/C13H34O4Si4.C4H6O2/c1-11(2)20(10)16-19(8,9)14-18(7)15-21(17-20,12(3)4)13(5)6;1-3(2)4(5)6/h11-13,18H,1-10H3;1H2,2H3,(H,5,6). The molecule has 0 radical (unpaired) electrons. The first-order chi connectivity index (χ1) is 12.0. The van der Waals surface area contributed by atoms with Crippen molar-refractivity contribution in [1.29, 1.82) is 0 Å². The Morgan fingerprint density at radius 3 is 1.63 bits per heavy atom. The molecule has 0 amide bonds. The highest BCUT2D eigenvalue weighted by Crippen LogP contribution is 2.42. The van der Waals surface area contributed by atoms with Gasteiger partial charge >= 0.3 is 40.9 Å². The SMILES string of the molecule is C=C(C)C(=O)O.CC(C)[Si]1(C)O[Si](C)(C)O[SiH](C)O[Si](C(C)C)(C(C)C)O1. The van der Waals surface area contributed by atoms with Gasteiger partial charge in [-0.3, -0.25) is 0 Å². The molecule has 0 aliphatic carbocycles. The van der Waals surface area contributed by atoms with E-state index in [4.69, 9.17) is 21.6 Å². The molecule has 0 aromatic rings. The van der Waals surface area contributed by atoms with Gasteiger partial charge in [-0.2, -0.15) is 0 Å². The molecule has 1 heterocycles. The second-order valence-corrected chi connectivity index (χ2v) is 23.1. The van der Waals surface area contributed by atoms with Crippen LogP contribution in [0.2, 0.25) is 42.8 Å². The Morgan fingerprint density at radius 1 is 0.926 bits per heavy atom. The first-order valence-corrected chi connectivity index (χ1v) is 18.9. The molecule has 0 aromatic carbocycles. The Kier molecular flexibility index (Phi) is 10.1. The Balaban J connectivity index is 0.000000972. The summed E-state index contributed by atoms with van der Waals surface area (Å²) in [5.74, 6) is -0.935. The average molecular weight is 453 g/mol. The lowest BCUT2D eigenvalue weighted by atomic mass is 10.4. The zero-order valence-electron chi connectivity index (χ0n) is 19.0. The van der Waals surface area contributed by atoms with Crippen molar-refractivity contribution in [2.45, 2.75) is 91.3 Å². The van der Waals surface area contributed by atoms with Crippen LogP contribution in [0, 0.1) is 0 Å². The summed E-state index contributed by atoms with van der Waals surface area (Å²) in [5, 5.41) is 7.89. The van der Waals surface area contributed by atoms with Gasteiger partial charge in [0.15, 0.2) is 0 Å². The topological polar surface area (TPSA) is 74.2 Å². The monoisotopic (exact) mass is 452 g/mol. The first-order valence-electron chi connectivity index (χ1n) is 9.63. The molecule has 0 saturated carbocycles. The highest BCUT2D eigenvalue weighted by molar-refractivity contribution is 6.91. The van der Waals surface area contributed by atoms with Gasteiger partial charge in [0.1, 0.15) is 0 Å². The van der Waals surface area contributed by atoms with E-state index in [2.05, 4.69) is 74.3 Å². The van der Waals surface area contributed by atoms with Crippen LogP contribution in [-0.4, -0.2) is 46.0 Å². The Labute approximate surface area is 170 Å². The lowest BCUT2D eigenvalue weighted by molar-refractivity contribution is -0.132. The van der Waals surface area contributed by atoms with Gasteiger partial charge in [-0.1, -0.05) is 48.1 Å². The van der Waals surface area contributed by atoms with E-state index in [0.29, 0.717) is 16.6 Å². The van der Waals surface area contributed by atoms with Gasteiger partial charge in [-0.05, 0) is 49.7 Å². The maximum absolute atomic E-state index is 9.60. The molecule has 2 unspecified atom stereocenters. The Morgan fingerprint density at radius 2 is 1.33 bits per heavy atom. The van der Waals surface area contributed by atoms with Gasteiger partial charge < -0.3 is 21.6 Å². The van der Waals surface area contributed by atoms with Gasteiger partial charge in [0, 0.05) is 5.57 Å². The molecule has 27 heavy (non-hydrogen) atoms. The van der Waals surface area contributed by atoms with Crippen molar-refractivity contribution < 1.29 is 26.4 Å². The van der Waals surface area contributed by atoms with E-state index in [-0.39, 0.29) is 5.57 Å². The molecule has 0 aromatic heterocycles. The minimum Gasteiger partial charge on any atom is -0.478 e. The number of carbonyl (C=O) groups is 1. The predicted octanol–water partition coefficient (Wildman–Crippen LogP) is 5.01. The lowest BCUT2D eigenvalue weighted by Crippen LogP contribution is -2.66. The second-order valence-electron chi connectivity index (χ2n) is 8.69. The minimum atomic E-state index is -2.35. The van der Waals surface area contributed by atoms with E-state index in [1.807, 2.05) is 0 Å². The van der Waals surface area contributed by atoms with Gasteiger partial charge in [0.2, 0.25) is 0 Å². The van der Waals surface area contributed by atoms with Crippen molar-refractivity contribution in [2.75, 3.05) is 0 Å². The summed E-state index contributed by atoms with van der Waals surface area (Å²) < 4.78 is 26.4. The summed E-state index contributed by atoms with van der Waals surface area (Å²) in [6.07, 6.45) is 0. The number of carboxylic acid groups (broad SMARTS) is 1.